The Hall–Kier alpha value is -0.430. The van der Waals surface area contributed by atoms with Crippen LogP contribution < -0.4 is 4.72 Å². The van der Waals surface area contributed by atoms with E-state index in [2.05, 4.69) is 16.9 Å². The molecule has 1 N–H and O–H groups in total. The molecule has 2 heterocycles. The van der Waals surface area contributed by atoms with Crippen LogP contribution in [-0.2, 0) is 19.5 Å². The first-order valence-corrected chi connectivity index (χ1v) is 10.6. The molecule has 2 fully saturated rings. The number of allylic oxidation sites excluding steroid dienone is 2. The summed E-state index contributed by atoms with van der Waals surface area (Å²) < 4.78 is 39.1. The largest absolute Gasteiger partial charge is 0.381 e. The molecule has 1 aliphatic carbocycles. The molecule has 5 nitrogen and oxygen atoms in total. The quantitative estimate of drug-likeness (QED) is 0.778. The lowest BCUT2D eigenvalue weighted by atomic mass is 9.81. The van der Waals surface area contributed by atoms with E-state index < -0.39 is 10.0 Å². The van der Waals surface area contributed by atoms with Crippen molar-refractivity contribution < 1.29 is 17.9 Å². The zero-order valence-electron chi connectivity index (χ0n) is 13.8. The van der Waals surface area contributed by atoms with Crippen LogP contribution in [0.1, 0.15) is 44.9 Å². The van der Waals surface area contributed by atoms with E-state index >= 15 is 0 Å². The van der Waals surface area contributed by atoms with Gasteiger partial charge in [0, 0.05) is 26.4 Å². The Morgan fingerprint density at radius 2 is 1.91 bits per heavy atom. The summed E-state index contributed by atoms with van der Waals surface area (Å²) in [5.41, 5.74) is -0.134. The Balaban J connectivity index is 1.49. The maximum absolute atomic E-state index is 12.4. The first-order chi connectivity index (χ1) is 11.1. The zero-order chi connectivity index (χ0) is 16.2. The monoisotopic (exact) mass is 343 g/mol. The third-order valence-electron chi connectivity index (χ3n) is 5.42. The number of rotatable bonds is 5. The van der Waals surface area contributed by atoms with Crippen LogP contribution in [0.5, 0.6) is 0 Å². The summed E-state index contributed by atoms with van der Waals surface area (Å²) >= 11 is 0. The predicted octanol–water partition coefficient (Wildman–Crippen LogP) is 2.24. The van der Waals surface area contributed by atoms with Gasteiger partial charge in [-0.15, -0.1) is 0 Å². The van der Waals surface area contributed by atoms with Crippen LogP contribution in [0.2, 0.25) is 0 Å². The van der Waals surface area contributed by atoms with Gasteiger partial charge in [-0.05, 0) is 56.8 Å². The van der Waals surface area contributed by atoms with E-state index in [1.54, 1.807) is 0 Å². The summed E-state index contributed by atoms with van der Waals surface area (Å²) in [6.07, 6.45) is 11.0. The molecule has 0 bridgehead atoms. The van der Waals surface area contributed by atoms with Crippen molar-refractivity contribution in [1.29, 1.82) is 0 Å². The van der Waals surface area contributed by atoms with E-state index in [9.17, 15) is 8.42 Å². The molecule has 0 radical (unpaired) electrons. The van der Waals surface area contributed by atoms with Crippen LogP contribution in [0.25, 0.3) is 0 Å². The Kier molecular flexibility index (Phi) is 5.78. The Labute approximate surface area is 139 Å². The maximum Gasteiger partial charge on any atom is 0.211 e. The average molecular weight is 343 g/mol. The van der Waals surface area contributed by atoms with Gasteiger partial charge in [-0.3, -0.25) is 0 Å². The Morgan fingerprint density at radius 3 is 2.65 bits per heavy atom. The highest BCUT2D eigenvalue weighted by Gasteiger charge is 2.40. The predicted molar refractivity (Wildman–Crippen MR) is 89.7 cm³/mol. The SMILES string of the molecule is O=S(=O)(CC1CCOC2(CCOCC2)C1)NCC1CC=CCC1. The molecule has 3 rings (SSSR count). The van der Waals surface area contributed by atoms with E-state index in [1.807, 2.05) is 0 Å². The molecule has 132 valence electrons. The van der Waals surface area contributed by atoms with Crippen molar-refractivity contribution in [2.45, 2.75) is 50.5 Å². The van der Waals surface area contributed by atoms with Gasteiger partial charge in [-0.2, -0.15) is 0 Å². The highest BCUT2D eigenvalue weighted by atomic mass is 32.2. The van der Waals surface area contributed by atoms with Gasteiger partial charge in [0.05, 0.1) is 11.4 Å². The molecular formula is C17H29NO4S. The van der Waals surface area contributed by atoms with E-state index in [0.717, 1.165) is 58.2 Å². The van der Waals surface area contributed by atoms with E-state index in [4.69, 9.17) is 9.47 Å². The summed E-state index contributed by atoms with van der Waals surface area (Å²) in [4.78, 5) is 0. The highest BCUT2D eigenvalue weighted by molar-refractivity contribution is 7.89. The van der Waals surface area contributed by atoms with E-state index in [-0.39, 0.29) is 17.3 Å². The molecule has 0 saturated carbocycles. The third-order valence-corrected chi connectivity index (χ3v) is 6.94. The van der Waals surface area contributed by atoms with Gasteiger partial charge in [-0.1, -0.05) is 12.2 Å². The molecule has 0 amide bonds. The summed E-state index contributed by atoms with van der Waals surface area (Å²) in [5, 5.41) is 0. The summed E-state index contributed by atoms with van der Waals surface area (Å²) in [6, 6.07) is 0. The van der Waals surface area contributed by atoms with Gasteiger partial charge in [-0.25, -0.2) is 13.1 Å². The normalized spacial score (nSPS) is 31.3. The van der Waals surface area contributed by atoms with Gasteiger partial charge in [0.15, 0.2) is 0 Å². The maximum atomic E-state index is 12.4. The minimum Gasteiger partial charge on any atom is -0.381 e. The second-order valence-electron chi connectivity index (χ2n) is 7.28. The Morgan fingerprint density at radius 1 is 1.09 bits per heavy atom. The van der Waals surface area contributed by atoms with E-state index in [1.165, 1.54) is 0 Å². The summed E-state index contributed by atoms with van der Waals surface area (Å²) in [7, 11) is -3.20. The van der Waals surface area contributed by atoms with Crippen LogP contribution in [0.4, 0.5) is 0 Å². The van der Waals surface area contributed by atoms with Crippen molar-refractivity contribution in [1.82, 2.24) is 4.72 Å². The lowest BCUT2D eigenvalue weighted by Gasteiger charge is -2.43. The van der Waals surface area contributed by atoms with Crippen LogP contribution >= 0.6 is 0 Å². The zero-order valence-corrected chi connectivity index (χ0v) is 14.7. The first-order valence-electron chi connectivity index (χ1n) is 8.91. The number of nitrogens with one attached hydrogen (secondary N) is 1. The third kappa shape index (κ3) is 5.02. The minimum absolute atomic E-state index is 0.134. The van der Waals surface area contributed by atoms with Gasteiger partial charge >= 0.3 is 0 Å². The lowest BCUT2D eigenvalue weighted by Crippen LogP contribution is -2.46. The lowest BCUT2D eigenvalue weighted by molar-refractivity contribution is -0.144. The summed E-state index contributed by atoms with van der Waals surface area (Å²) in [5.74, 6) is 0.888. The fourth-order valence-electron chi connectivity index (χ4n) is 4.02. The van der Waals surface area contributed by atoms with Crippen molar-refractivity contribution in [3.05, 3.63) is 12.2 Å². The van der Waals surface area contributed by atoms with Crippen molar-refractivity contribution in [3.63, 3.8) is 0 Å². The van der Waals surface area contributed by atoms with Crippen molar-refractivity contribution in [3.8, 4) is 0 Å². The van der Waals surface area contributed by atoms with E-state index in [0.29, 0.717) is 19.1 Å². The van der Waals surface area contributed by atoms with Gasteiger partial charge in [0.1, 0.15) is 0 Å². The molecule has 0 aromatic heterocycles. The highest BCUT2D eigenvalue weighted by Crippen LogP contribution is 2.37. The van der Waals surface area contributed by atoms with Crippen LogP contribution in [0, 0.1) is 11.8 Å². The van der Waals surface area contributed by atoms with Gasteiger partial charge in [0.2, 0.25) is 10.0 Å². The molecule has 0 aromatic carbocycles. The van der Waals surface area contributed by atoms with Crippen molar-refractivity contribution in [2.24, 2.45) is 11.8 Å². The van der Waals surface area contributed by atoms with Crippen LogP contribution in [-0.4, -0.2) is 46.1 Å². The molecule has 3 aliphatic rings. The topological polar surface area (TPSA) is 64.6 Å². The van der Waals surface area contributed by atoms with Crippen LogP contribution in [0.15, 0.2) is 12.2 Å². The molecular weight excluding hydrogens is 314 g/mol. The first kappa shape index (κ1) is 17.4. The second-order valence-corrected chi connectivity index (χ2v) is 9.13. The van der Waals surface area contributed by atoms with Crippen molar-refractivity contribution >= 4 is 10.0 Å². The summed E-state index contributed by atoms with van der Waals surface area (Å²) in [6.45, 7) is 2.71. The molecule has 2 aliphatic heterocycles. The number of sulfonamides is 1. The molecule has 1 spiro atoms. The standard InChI is InChI=1S/C17H29NO4S/c19-23(20,18-13-15-4-2-1-3-5-15)14-16-6-9-22-17(12-16)7-10-21-11-8-17/h1-2,15-16,18H,3-14H2. The second kappa shape index (κ2) is 7.64. The smallest absolute Gasteiger partial charge is 0.211 e. The Bertz CT molecular complexity index is 505. The molecule has 23 heavy (non-hydrogen) atoms. The van der Waals surface area contributed by atoms with Gasteiger partial charge in [0.25, 0.3) is 0 Å². The fraction of sp³-hybridized carbons (Fsp3) is 0.882. The molecule has 0 aromatic rings. The molecule has 2 saturated heterocycles. The van der Waals surface area contributed by atoms with Gasteiger partial charge < -0.3 is 9.47 Å². The molecule has 2 unspecified atom stereocenters. The molecule has 2 atom stereocenters. The number of hydrogen-bond acceptors (Lipinski definition) is 4. The minimum atomic E-state index is -3.20. The molecule has 6 heteroatoms. The number of hydrogen-bond donors (Lipinski definition) is 1. The fourth-order valence-corrected chi connectivity index (χ4v) is 5.53. The average Bonchev–Trinajstić information content (AvgIpc) is 2.54. The van der Waals surface area contributed by atoms with Crippen LogP contribution in [0.3, 0.4) is 0 Å². The van der Waals surface area contributed by atoms with Crippen molar-refractivity contribution in [2.75, 3.05) is 32.1 Å². The number of ether oxygens (including phenoxy) is 2.